The lowest BCUT2D eigenvalue weighted by atomic mass is 10.0. The first-order valence-corrected chi connectivity index (χ1v) is 12.7. The maximum atomic E-state index is 6.11. The number of ether oxygens (including phenoxy) is 2. The first kappa shape index (κ1) is 25.5. The Morgan fingerprint density at radius 2 is 1.19 bits per heavy atom. The van der Waals surface area contributed by atoms with Gasteiger partial charge in [0.05, 0.1) is 19.3 Å². The van der Waals surface area contributed by atoms with E-state index in [2.05, 4.69) is 69.3 Å². The van der Waals surface area contributed by atoms with Gasteiger partial charge >= 0.3 is 0 Å². The fraction of sp³-hybridized carbons (Fsp3) is 0.586. The summed E-state index contributed by atoms with van der Waals surface area (Å²) in [7, 11) is 0. The van der Waals surface area contributed by atoms with Gasteiger partial charge in [-0.05, 0) is 54.5 Å². The molecular formula is C29H44O2. The average Bonchev–Trinajstić information content (AvgIpc) is 2.80. The van der Waals surface area contributed by atoms with Crippen molar-refractivity contribution in [1.82, 2.24) is 0 Å². The lowest BCUT2D eigenvalue weighted by Crippen LogP contribution is -2.14. The SMILES string of the molecule is CCCCCCCCOc1ccc(-c2ccc(CCOC(CCC)CCC)cc2)cc1. The number of hydrogen-bond donors (Lipinski definition) is 0. The normalized spacial score (nSPS) is 11.2. The van der Waals surface area contributed by atoms with Crippen LogP contribution in [0.3, 0.4) is 0 Å². The fourth-order valence-electron chi connectivity index (χ4n) is 3.98. The van der Waals surface area contributed by atoms with Crippen LogP contribution in [0.15, 0.2) is 48.5 Å². The minimum absolute atomic E-state index is 0.427. The van der Waals surface area contributed by atoms with E-state index in [1.54, 1.807) is 0 Å². The monoisotopic (exact) mass is 424 g/mol. The largest absolute Gasteiger partial charge is 0.494 e. The zero-order valence-corrected chi connectivity index (χ0v) is 20.2. The third-order valence-electron chi connectivity index (χ3n) is 5.87. The van der Waals surface area contributed by atoms with Crippen molar-refractivity contribution in [3.8, 4) is 16.9 Å². The first-order chi connectivity index (χ1) is 15.3. The summed E-state index contributed by atoms with van der Waals surface area (Å²) in [6, 6.07) is 17.4. The highest BCUT2D eigenvalue weighted by Gasteiger charge is 2.07. The van der Waals surface area contributed by atoms with Gasteiger partial charge in [-0.2, -0.15) is 0 Å². The number of benzene rings is 2. The molecular weight excluding hydrogens is 380 g/mol. The zero-order chi connectivity index (χ0) is 22.2. The molecule has 2 aromatic rings. The predicted molar refractivity (Wildman–Crippen MR) is 134 cm³/mol. The lowest BCUT2D eigenvalue weighted by molar-refractivity contribution is 0.0427. The molecule has 0 amide bonds. The molecule has 0 heterocycles. The zero-order valence-electron chi connectivity index (χ0n) is 20.2. The molecule has 0 saturated carbocycles. The van der Waals surface area contributed by atoms with E-state index in [4.69, 9.17) is 9.47 Å². The van der Waals surface area contributed by atoms with E-state index in [0.29, 0.717) is 6.10 Å². The van der Waals surface area contributed by atoms with Crippen LogP contribution in [-0.2, 0) is 11.2 Å². The predicted octanol–water partition coefficient (Wildman–Crippen LogP) is 8.62. The summed E-state index contributed by atoms with van der Waals surface area (Å²) >= 11 is 0. The van der Waals surface area contributed by atoms with Crippen LogP contribution in [-0.4, -0.2) is 19.3 Å². The van der Waals surface area contributed by atoms with Gasteiger partial charge in [0.2, 0.25) is 0 Å². The maximum absolute atomic E-state index is 6.11. The molecule has 2 nitrogen and oxygen atoms in total. The highest BCUT2D eigenvalue weighted by Crippen LogP contribution is 2.23. The Balaban J connectivity index is 1.73. The molecule has 0 aliphatic rings. The summed E-state index contributed by atoms with van der Waals surface area (Å²) in [5.41, 5.74) is 3.83. The van der Waals surface area contributed by atoms with E-state index < -0.39 is 0 Å². The Kier molecular flexibility index (Phi) is 13.1. The van der Waals surface area contributed by atoms with Crippen molar-refractivity contribution in [1.29, 1.82) is 0 Å². The molecule has 0 radical (unpaired) electrons. The van der Waals surface area contributed by atoms with E-state index >= 15 is 0 Å². The molecule has 0 bridgehead atoms. The smallest absolute Gasteiger partial charge is 0.119 e. The van der Waals surface area contributed by atoms with Gasteiger partial charge in [-0.15, -0.1) is 0 Å². The molecule has 2 rings (SSSR count). The highest BCUT2D eigenvalue weighted by atomic mass is 16.5. The van der Waals surface area contributed by atoms with Crippen LogP contribution in [0.1, 0.15) is 90.5 Å². The summed E-state index contributed by atoms with van der Waals surface area (Å²) < 4.78 is 12.0. The van der Waals surface area contributed by atoms with Gasteiger partial charge in [0.1, 0.15) is 5.75 Å². The van der Waals surface area contributed by atoms with Crippen molar-refractivity contribution < 1.29 is 9.47 Å². The molecule has 2 heteroatoms. The standard InChI is InChI=1S/C29H44O2/c1-4-7-8-9-10-11-23-30-29-20-18-27(19-21-29)26-16-14-25(15-17-26)22-24-31-28(12-5-2)13-6-3/h14-21,28H,4-13,22-24H2,1-3H3. The van der Waals surface area contributed by atoms with E-state index in [9.17, 15) is 0 Å². The molecule has 0 aliphatic heterocycles. The van der Waals surface area contributed by atoms with Gasteiger partial charge in [-0.3, -0.25) is 0 Å². The molecule has 0 unspecified atom stereocenters. The summed E-state index contributed by atoms with van der Waals surface area (Å²) in [4.78, 5) is 0. The van der Waals surface area contributed by atoms with Crippen molar-refractivity contribution in [2.24, 2.45) is 0 Å². The Bertz CT molecular complexity index is 669. The van der Waals surface area contributed by atoms with E-state index in [-0.39, 0.29) is 0 Å². The number of hydrogen-bond acceptors (Lipinski definition) is 2. The quantitative estimate of drug-likeness (QED) is 0.237. The van der Waals surface area contributed by atoms with Gasteiger partial charge in [-0.25, -0.2) is 0 Å². The Labute approximate surface area is 191 Å². The molecule has 2 aromatic carbocycles. The lowest BCUT2D eigenvalue weighted by Gasteiger charge is -2.16. The second kappa shape index (κ2) is 15.9. The molecule has 0 saturated heterocycles. The Morgan fingerprint density at radius 3 is 1.81 bits per heavy atom. The van der Waals surface area contributed by atoms with Crippen molar-refractivity contribution in [2.45, 2.75) is 97.5 Å². The molecule has 0 aromatic heterocycles. The first-order valence-electron chi connectivity index (χ1n) is 12.7. The van der Waals surface area contributed by atoms with E-state index in [1.165, 1.54) is 74.5 Å². The van der Waals surface area contributed by atoms with E-state index in [1.807, 2.05) is 0 Å². The van der Waals surface area contributed by atoms with Crippen molar-refractivity contribution in [3.63, 3.8) is 0 Å². The van der Waals surface area contributed by atoms with Crippen LogP contribution < -0.4 is 4.74 Å². The summed E-state index contributed by atoms with van der Waals surface area (Å²) in [5, 5.41) is 0. The Hall–Kier alpha value is -1.80. The van der Waals surface area contributed by atoms with Crippen LogP contribution in [0.4, 0.5) is 0 Å². The molecule has 0 spiro atoms. The topological polar surface area (TPSA) is 18.5 Å². The minimum Gasteiger partial charge on any atom is -0.494 e. The summed E-state index contributed by atoms with van der Waals surface area (Å²) in [5.74, 6) is 0.972. The van der Waals surface area contributed by atoms with Gasteiger partial charge < -0.3 is 9.47 Å². The molecule has 0 fully saturated rings. The third kappa shape index (κ3) is 10.4. The van der Waals surface area contributed by atoms with Crippen LogP contribution in [0.5, 0.6) is 5.75 Å². The molecule has 0 N–H and O–H groups in total. The molecule has 31 heavy (non-hydrogen) atoms. The van der Waals surface area contributed by atoms with E-state index in [0.717, 1.165) is 31.8 Å². The van der Waals surface area contributed by atoms with Gasteiger partial charge in [0.15, 0.2) is 0 Å². The third-order valence-corrected chi connectivity index (χ3v) is 5.87. The number of unbranched alkanes of at least 4 members (excludes halogenated alkanes) is 5. The second-order valence-electron chi connectivity index (χ2n) is 8.66. The Morgan fingerprint density at radius 1 is 0.613 bits per heavy atom. The molecule has 0 aliphatic carbocycles. The summed E-state index contributed by atoms with van der Waals surface area (Å²) in [6.45, 7) is 8.36. The average molecular weight is 425 g/mol. The van der Waals surface area contributed by atoms with Crippen LogP contribution in [0.25, 0.3) is 11.1 Å². The van der Waals surface area contributed by atoms with Crippen LogP contribution >= 0.6 is 0 Å². The van der Waals surface area contributed by atoms with Gasteiger partial charge in [0.25, 0.3) is 0 Å². The fourth-order valence-corrected chi connectivity index (χ4v) is 3.98. The second-order valence-corrected chi connectivity index (χ2v) is 8.66. The van der Waals surface area contributed by atoms with Crippen LogP contribution in [0, 0.1) is 0 Å². The molecule has 0 atom stereocenters. The van der Waals surface area contributed by atoms with Crippen LogP contribution in [0.2, 0.25) is 0 Å². The molecule has 172 valence electrons. The minimum atomic E-state index is 0.427. The van der Waals surface area contributed by atoms with Gasteiger partial charge in [0, 0.05) is 0 Å². The summed E-state index contributed by atoms with van der Waals surface area (Å²) in [6.07, 6.45) is 13.9. The highest BCUT2D eigenvalue weighted by molar-refractivity contribution is 5.64. The maximum Gasteiger partial charge on any atom is 0.119 e. The van der Waals surface area contributed by atoms with Crippen molar-refractivity contribution in [3.05, 3.63) is 54.1 Å². The van der Waals surface area contributed by atoms with Crippen molar-refractivity contribution >= 4 is 0 Å². The van der Waals surface area contributed by atoms with Crippen molar-refractivity contribution in [2.75, 3.05) is 13.2 Å². The number of rotatable bonds is 17. The van der Waals surface area contributed by atoms with Gasteiger partial charge in [-0.1, -0.05) is 102 Å².